The molecule has 1 aliphatic rings. The first-order chi connectivity index (χ1) is 17.5. The largest absolute Gasteiger partial charge is 0.485 e. The van der Waals surface area contributed by atoms with Crippen molar-refractivity contribution in [1.29, 1.82) is 0 Å². The fraction of sp³-hybridized carbons (Fsp3) is 0.185. The Bertz CT molecular complexity index is 1550. The monoisotopic (exact) mass is 540 g/mol. The minimum atomic E-state index is -4.45. The zero-order valence-electron chi connectivity index (χ0n) is 19.0. The average molecular weight is 541 g/mol. The molecule has 0 spiro atoms. The summed E-state index contributed by atoms with van der Waals surface area (Å²) in [4.78, 5) is 0. The molecule has 2 nitrogen and oxygen atoms in total. The number of rotatable bonds is 4. The van der Waals surface area contributed by atoms with Crippen LogP contribution in [-0.2, 0) is 12.5 Å². The van der Waals surface area contributed by atoms with E-state index in [-0.39, 0.29) is 10.9 Å². The van der Waals surface area contributed by atoms with Gasteiger partial charge in [0.25, 0.3) is 0 Å². The zero-order chi connectivity index (χ0) is 26.6. The van der Waals surface area contributed by atoms with Gasteiger partial charge in [-0.2, -0.15) is 8.78 Å². The molecule has 1 aliphatic heterocycles. The standard InChI is InChI=1S/C27H16ClF7O2/c1-12-2-6-20-13(8-12)3-7-21(36-20)16-4-5-17(24(31)23(16)30)27(34,35)37-15-9-14-10-18(28)25(32)26(33)22(14)19(29)11-15/h2,4-6,8-11,21H,3,7H2,1H3. The molecule has 0 aliphatic carbocycles. The Balaban J connectivity index is 1.45. The van der Waals surface area contributed by atoms with Crippen LogP contribution in [0.2, 0.25) is 5.02 Å². The summed E-state index contributed by atoms with van der Waals surface area (Å²) in [6.07, 6.45) is -4.53. The van der Waals surface area contributed by atoms with Gasteiger partial charge in [0.15, 0.2) is 23.3 Å². The summed E-state index contributed by atoms with van der Waals surface area (Å²) in [6, 6.07) is 9.03. The Labute approximate surface area is 211 Å². The molecule has 0 N–H and O–H groups in total. The number of hydrogen-bond donors (Lipinski definition) is 0. The van der Waals surface area contributed by atoms with Gasteiger partial charge in [-0.15, -0.1) is 0 Å². The van der Waals surface area contributed by atoms with Crippen molar-refractivity contribution in [2.75, 3.05) is 0 Å². The first-order valence-corrected chi connectivity index (χ1v) is 11.4. The second-order valence-electron chi connectivity index (χ2n) is 8.70. The summed E-state index contributed by atoms with van der Waals surface area (Å²) < 4.78 is 112. The lowest BCUT2D eigenvalue weighted by Crippen LogP contribution is -2.25. The van der Waals surface area contributed by atoms with Gasteiger partial charge in [0.05, 0.1) is 10.4 Å². The van der Waals surface area contributed by atoms with Crippen LogP contribution in [0.3, 0.4) is 0 Å². The van der Waals surface area contributed by atoms with Crippen molar-refractivity contribution in [2.45, 2.75) is 32.0 Å². The highest BCUT2D eigenvalue weighted by molar-refractivity contribution is 6.31. The molecule has 1 unspecified atom stereocenters. The number of aryl methyl sites for hydroxylation is 2. The third-order valence-electron chi connectivity index (χ3n) is 6.18. The average Bonchev–Trinajstić information content (AvgIpc) is 2.83. The van der Waals surface area contributed by atoms with E-state index in [1.54, 1.807) is 12.1 Å². The lowest BCUT2D eigenvalue weighted by molar-refractivity contribution is -0.187. The van der Waals surface area contributed by atoms with Gasteiger partial charge in [0.2, 0.25) is 0 Å². The summed E-state index contributed by atoms with van der Waals surface area (Å²) in [5.74, 6) is -8.27. The molecule has 5 rings (SSSR count). The first kappa shape index (κ1) is 25.2. The molecule has 0 saturated heterocycles. The Morgan fingerprint density at radius 2 is 1.65 bits per heavy atom. The van der Waals surface area contributed by atoms with E-state index in [1.807, 2.05) is 13.0 Å². The molecule has 4 aromatic rings. The summed E-state index contributed by atoms with van der Waals surface area (Å²) in [5, 5.41) is -1.91. The van der Waals surface area contributed by atoms with Crippen molar-refractivity contribution in [1.82, 2.24) is 0 Å². The smallest absolute Gasteiger partial charge is 0.429 e. The van der Waals surface area contributed by atoms with Gasteiger partial charge in [-0.3, -0.25) is 0 Å². The highest BCUT2D eigenvalue weighted by atomic mass is 35.5. The molecule has 0 radical (unpaired) electrons. The molecule has 37 heavy (non-hydrogen) atoms. The second kappa shape index (κ2) is 9.13. The summed E-state index contributed by atoms with van der Waals surface area (Å²) >= 11 is 5.55. The van der Waals surface area contributed by atoms with Crippen LogP contribution in [-0.4, -0.2) is 0 Å². The highest BCUT2D eigenvalue weighted by Gasteiger charge is 2.40. The van der Waals surface area contributed by atoms with E-state index in [1.165, 1.54) is 0 Å². The fourth-order valence-electron chi connectivity index (χ4n) is 4.40. The maximum Gasteiger partial charge on any atom is 0.429 e. The minimum Gasteiger partial charge on any atom is -0.485 e. The van der Waals surface area contributed by atoms with Crippen molar-refractivity contribution in [3.8, 4) is 11.5 Å². The van der Waals surface area contributed by atoms with Crippen LogP contribution in [0.5, 0.6) is 11.5 Å². The molecule has 0 saturated carbocycles. The molecule has 0 aromatic heterocycles. The summed E-state index contributed by atoms with van der Waals surface area (Å²) in [6.45, 7) is 1.90. The van der Waals surface area contributed by atoms with Crippen LogP contribution >= 0.6 is 11.6 Å². The van der Waals surface area contributed by atoms with Crippen LogP contribution in [0.1, 0.15) is 34.8 Å². The van der Waals surface area contributed by atoms with E-state index < -0.39 is 63.0 Å². The molecule has 1 atom stereocenters. The molecule has 192 valence electrons. The Kier molecular flexibility index (Phi) is 6.22. The van der Waals surface area contributed by atoms with Crippen molar-refractivity contribution in [3.63, 3.8) is 0 Å². The van der Waals surface area contributed by atoms with Gasteiger partial charge >= 0.3 is 6.11 Å². The van der Waals surface area contributed by atoms with Gasteiger partial charge in [-0.1, -0.05) is 35.4 Å². The number of alkyl halides is 2. The maximum atomic E-state index is 15.0. The van der Waals surface area contributed by atoms with Gasteiger partial charge in [-0.25, -0.2) is 22.0 Å². The predicted octanol–water partition coefficient (Wildman–Crippen LogP) is 8.69. The third-order valence-corrected chi connectivity index (χ3v) is 6.45. The molecular formula is C27H16ClF7O2. The van der Waals surface area contributed by atoms with Gasteiger partial charge in [0.1, 0.15) is 29.0 Å². The molecule has 0 bridgehead atoms. The van der Waals surface area contributed by atoms with Crippen LogP contribution < -0.4 is 9.47 Å². The maximum absolute atomic E-state index is 15.0. The normalized spacial score (nSPS) is 15.4. The number of hydrogen-bond acceptors (Lipinski definition) is 2. The second-order valence-corrected chi connectivity index (χ2v) is 9.10. The number of ether oxygens (including phenoxy) is 2. The molecule has 10 heteroatoms. The van der Waals surface area contributed by atoms with E-state index >= 15 is 0 Å². The quantitative estimate of drug-likeness (QED) is 0.190. The topological polar surface area (TPSA) is 18.5 Å². The van der Waals surface area contributed by atoms with E-state index in [4.69, 9.17) is 16.3 Å². The number of halogens is 8. The van der Waals surface area contributed by atoms with Gasteiger partial charge in [-0.05, 0) is 55.0 Å². The van der Waals surface area contributed by atoms with Gasteiger partial charge in [0, 0.05) is 11.6 Å². The van der Waals surface area contributed by atoms with Crippen molar-refractivity contribution < 1.29 is 40.2 Å². The Morgan fingerprint density at radius 1 is 0.892 bits per heavy atom. The fourth-order valence-corrected chi connectivity index (χ4v) is 4.60. The zero-order valence-corrected chi connectivity index (χ0v) is 19.7. The SMILES string of the molecule is Cc1ccc2c(c1)CCC(c1ccc(C(F)(F)Oc3cc(F)c4c(F)c(F)c(Cl)cc4c3)c(F)c1F)O2. The van der Waals surface area contributed by atoms with Crippen LogP contribution in [0.25, 0.3) is 10.8 Å². The van der Waals surface area contributed by atoms with E-state index in [9.17, 15) is 30.7 Å². The summed E-state index contributed by atoms with van der Waals surface area (Å²) in [5.41, 5.74) is 0.230. The van der Waals surface area contributed by atoms with Crippen molar-refractivity contribution in [3.05, 3.63) is 105 Å². The molecule has 4 aromatic carbocycles. The third kappa shape index (κ3) is 4.45. The van der Waals surface area contributed by atoms with Gasteiger partial charge < -0.3 is 9.47 Å². The number of benzene rings is 4. The molecule has 0 amide bonds. The van der Waals surface area contributed by atoms with Crippen LogP contribution in [0, 0.1) is 36.0 Å². The summed E-state index contributed by atoms with van der Waals surface area (Å²) in [7, 11) is 0. The van der Waals surface area contributed by atoms with Crippen molar-refractivity contribution >= 4 is 22.4 Å². The molecular weight excluding hydrogens is 525 g/mol. The predicted molar refractivity (Wildman–Crippen MR) is 123 cm³/mol. The van der Waals surface area contributed by atoms with Crippen molar-refractivity contribution in [2.24, 2.45) is 0 Å². The first-order valence-electron chi connectivity index (χ1n) is 11.0. The Hall–Kier alpha value is -3.46. The highest BCUT2D eigenvalue weighted by Crippen LogP contribution is 2.41. The lowest BCUT2D eigenvalue weighted by atomic mass is 9.95. The van der Waals surface area contributed by atoms with E-state index in [0.717, 1.165) is 29.3 Å². The van der Waals surface area contributed by atoms with E-state index in [2.05, 4.69) is 4.74 Å². The van der Waals surface area contributed by atoms with E-state index in [0.29, 0.717) is 30.7 Å². The van der Waals surface area contributed by atoms with Crippen LogP contribution in [0.4, 0.5) is 30.7 Å². The number of fused-ring (bicyclic) bond motifs is 2. The minimum absolute atomic E-state index is 0.243. The Morgan fingerprint density at radius 3 is 2.41 bits per heavy atom. The molecule has 0 fully saturated rings. The molecule has 1 heterocycles. The lowest BCUT2D eigenvalue weighted by Gasteiger charge is -2.27. The van der Waals surface area contributed by atoms with Crippen LogP contribution in [0.15, 0.2) is 48.5 Å².